The van der Waals surface area contributed by atoms with Crippen LogP contribution >= 0.6 is 0 Å². The van der Waals surface area contributed by atoms with Gasteiger partial charge in [0.2, 0.25) is 0 Å². The van der Waals surface area contributed by atoms with Crippen molar-refractivity contribution in [1.29, 1.82) is 0 Å². The molecule has 1 heterocycles. The summed E-state index contributed by atoms with van der Waals surface area (Å²) in [6, 6.07) is 6.49. The highest BCUT2D eigenvalue weighted by Crippen LogP contribution is 2.54. The number of carbonyl (C=O) groups excluding carboxylic acids is 3. The molecular formula is C15H13NO4. The maximum absolute atomic E-state index is 12.1. The van der Waals surface area contributed by atoms with Crippen LogP contribution in [0.3, 0.4) is 0 Å². The van der Waals surface area contributed by atoms with E-state index in [2.05, 4.69) is 0 Å². The number of hydrogen-bond donors (Lipinski definition) is 0. The first kappa shape index (κ1) is 11.6. The van der Waals surface area contributed by atoms with E-state index in [1.807, 2.05) is 0 Å². The summed E-state index contributed by atoms with van der Waals surface area (Å²) < 4.78 is 0. The molecule has 0 spiro atoms. The minimum absolute atomic E-state index is 0.164. The van der Waals surface area contributed by atoms with Gasteiger partial charge in [0, 0.05) is 0 Å². The molecule has 1 aromatic rings. The first-order valence-electron chi connectivity index (χ1n) is 6.85. The Bertz CT molecular complexity index is 594. The molecule has 1 aromatic carbocycles. The molecule has 1 aliphatic heterocycles. The largest absolute Gasteiger partial charge is 0.336 e. The van der Waals surface area contributed by atoms with Crippen LogP contribution in [0.1, 0.15) is 40.0 Å². The number of hydrogen-bond acceptors (Lipinski definition) is 4. The van der Waals surface area contributed by atoms with Crippen LogP contribution in [-0.2, 0) is 9.63 Å². The van der Waals surface area contributed by atoms with E-state index >= 15 is 0 Å². The molecule has 0 bridgehead atoms. The molecule has 0 N–H and O–H groups in total. The van der Waals surface area contributed by atoms with Crippen molar-refractivity contribution in [3.63, 3.8) is 0 Å². The Morgan fingerprint density at radius 3 is 2.10 bits per heavy atom. The van der Waals surface area contributed by atoms with E-state index in [9.17, 15) is 14.4 Å². The van der Waals surface area contributed by atoms with Gasteiger partial charge in [-0.3, -0.25) is 9.59 Å². The van der Waals surface area contributed by atoms with Crippen LogP contribution in [0.2, 0.25) is 0 Å². The maximum atomic E-state index is 12.1. The first-order chi connectivity index (χ1) is 9.65. The van der Waals surface area contributed by atoms with Crippen LogP contribution in [0, 0.1) is 17.8 Å². The van der Waals surface area contributed by atoms with Crippen molar-refractivity contribution in [2.45, 2.75) is 19.3 Å². The van der Waals surface area contributed by atoms with Gasteiger partial charge in [0.05, 0.1) is 17.0 Å². The lowest BCUT2D eigenvalue weighted by atomic mass is 10.0. The van der Waals surface area contributed by atoms with Crippen LogP contribution in [-0.4, -0.2) is 22.8 Å². The predicted octanol–water partition coefficient (Wildman–Crippen LogP) is 1.79. The number of hydroxylamine groups is 2. The van der Waals surface area contributed by atoms with Gasteiger partial charge in [-0.1, -0.05) is 17.2 Å². The average molecular weight is 271 g/mol. The lowest BCUT2D eigenvalue weighted by Gasteiger charge is -2.16. The van der Waals surface area contributed by atoms with E-state index in [1.54, 1.807) is 24.3 Å². The highest BCUT2D eigenvalue weighted by Gasteiger charge is 2.50. The van der Waals surface area contributed by atoms with Gasteiger partial charge in [-0.2, -0.15) is 0 Å². The summed E-state index contributed by atoms with van der Waals surface area (Å²) in [6.45, 7) is 0. The summed E-state index contributed by atoms with van der Waals surface area (Å²) in [7, 11) is 0. The lowest BCUT2D eigenvalue weighted by Crippen LogP contribution is -2.34. The highest BCUT2D eigenvalue weighted by molar-refractivity contribution is 6.20. The van der Waals surface area contributed by atoms with Crippen LogP contribution < -0.4 is 0 Å². The zero-order valence-corrected chi connectivity index (χ0v) is 10.7. The molecule has 3 aliphatic rings. The molecule has 2 saturated carbocycles. The predicted molar refractivity (Wildman–Crippen MR) is 67.4 cm³/mol. The number of nitrogens with zero attached hydrogens (tertiary/aromatic N) is 1. The Hall–Kier alpha value is -2.17. The average Bonchev–Trinajstić information content (AvgIpc) is 3.01. The number of benzene rings is 1. The minimum Gasteiger partial charge on any atom is -0.329 e. The number of imide groups is 1. The first-order valence-corrected chi connectivity index (χ1v) is 6.85. The SMILES string of the molecule is O=C(ON1C(=O)c2ccccc2C1=O)C1C[C@@H]2C[C@@H]2C1. The van der Waals surface area contributed by atoms with Crippen molar-refractivity contribution in [3.8, 4) is 0 Å². The fourth-order valence-corrected chi connectivity index (χ4v) is 3.32. The lowest BCUT2D eigenvalue weighted by molar-refractivity contribution is -0.173. The molecule has 20 heavy (non-hydrogen) atoms. The van der Waals surface area contributed by atoms with Crippen molar-refractivity contribution in [2.75, 3.05) is 0 Å². The molecule has 0 saturated heterocycles. The number of amides is 2. The summed E-state index contributed by atoms with van der Waals surface area (Å²) >= 11 is 0. The third-order valence-electron chi connectivity index (χ3n) is 4.51. The third-order valence-corrected chi connectivity index (χ3v) is 4.51. The third kappa shape index (κ3) is 1.59. The number of fused-ring (bicyclic) bond motifs is 2. The van der Waals surface area contributed by atoms with E-state index in [4.69, 9.17) is 4.84 Å². The molecule has 2 fully saturated rings. The van der Waals surface area contributed by atoms with Gasteiger partial charge < -0.3 is 4.84 Å². The summed E-state index contributed by atoms with van der Waals surface area (Å²) in [4.78, 5) is 41.2. The van der Waals surface area contributed by atoms with Gasteiger partial charge >= 0.3 is 5.97 Å². The molecule has 1 unspecified atom stereocenters. The summed E-state index contributed by atoms with van der Waals surface area (Å²) in [5.74, 6) is -0.427. The monoisotopic (exact) mass is 271 g/mol. The molecule has 3 atom stereocenters. The van der Waals surface area contributed by atoms with Crippen LogP contribution in [0.15, 0.2) is 24.3 Å². The van der Waals surface area contributed by atoms with Gasteiger partial charge in [-0.25, -0.2) is 4.79 Å². The van der Waals surface area contributed by atoms with Gasteiger partial charge in [-0.15, -0.1) is 0 Å². The van der Waals surface area contributed by atoms with Crippen molar-refractivity contribution in [1.82, 2.24) is 5.06 Å². The van der Waals surface area contributed by atoms with Gasteiger partial charge in [0.15, 0.2) is 0 Å². The summed E-state index contributed by atoms with van der Waals surface area (Å²) in [5.41, 5.74) is 0.583. The fraction of sp³-hybridized carbons (Fsp3) is 0.400. The zero-order chi connectivity index (χ0) is 13.9. The van der Waals surface area contributed by atoms with E-state index in [1.165, 1.54) is 6.42 Å². The van der Waals surface area contributed by atoms with Crippen molar-refractivity contribution in [3.05, 3.63) is 35.4 Å². The zero-order valence-electron chi connectivity index (χ0n) is 10.7. The molecule has 0 radical (unpaired) electrons. The second-order valence-electron chi connectivity index (χ2n) is 5.78. The van der Waals surface area contributed by atoms with E-state index in [-0.39, 0.29) is 5.92 Å². The highest BCUT2D eigenvalue weighted by atomic mass is 16.7. The number of rotatable bonds is 2. The van der Waals surface area contributed by atoms with Crippen LogP contribution in [0.5, 0.6) is 0 Å². The standard InChI is InChI=1S/C15H13NO4/c17-13-11-3-1-2-4-12(11)14(18)16(13)20-15(19)10-6-8-5-9(8)7-10/h1-4,8-10H,5-7H2/t8-,9+,10?. The molecule has 0 aromatic heterocycles. The fourth-order valence-electron chi connectivity index (χ4n) is 3.32. The molecule has 102 valence electrons. The Morgan fingerprint density at radius 2 is 1.55 bits per heavy atom. The van der Waals surface area contributed by atoms with Crippen molar-refractivity contribution in [2.24, 2.45) is 17.8 Å². The van der Waals surface area contributed by atoms with Crippen molar-refractivity contribution < 1.29 is 19.2 Å². The van der Waals surface area contributed by atoms with Crippen LogP contribution in [0.25, 0.3) is 0 Å². The van der Waals surface area contributed by atoms with Gasteiger partial charge in [0.25, 0.3) is 11.8 Å². The second-order valence-corrected chi connectivity index (χ2v) is 5.78. The molecule has 2 amide bonds. The molecule has 2 aliphatic carbocycles. The summed E-state index contributed by atoms with van der Waals surface area (Å²) in [6.07, 6.45) is 2.86. The van der Waals surface area contributed by atoms with Gasteiger partial charge in [-0.05, 0) is 43.2 Å². The molecule has 4 rings (SSSR count). The van der Waals surface area contributed by atoms with Gasteiger partial charge in [0.1, 0.15) is 0 Å². The topological polar surface area (TPSA) is 63.7 Å². The van der Waals surface area contributed by atoms with E-state index in [0.29, 0.717) is 28.0 Å². The maximum Gasteiger partial charge on any atom is 0.336 e. The Morgan fingerprint density at radius 1 is 1.00 bits per heavy atom. The smallest absolute Gasteiger partial charge is 0.329 e. The van der Waals surface area contributed by atoms with E-state index in [0.717, 1.165) is 12.8 Å². The molecule has 5 nitrogen and oxygen atoms in total. The number of carbonyl (C=O) groups is 3. The Kier molecular flexibility index (Phi) is 2.28. The normalized spacial score (nSPS) is 30.2. The molecular weight excluding hydrogens is 258 g/mol. The molecule has 5 heteroatoms. The summed E-state index contributed by atoms with van der Waals surface area (Å²) in [5, 5.41) is 0.608. The quantitative estimate of drug-likeness (QED) is 0.769. The minimum atomic E-state index is -0.554. The Labute approximate surface area is 115 Å². The Balaban J connectivity index is 1.51. The second kappa shape index (κ2) is 3.91. The van der Waals surface area contributed by atoms with E-state index < -0.39 is 17.8 Å². The van der Waals surface area contributed by atoms with Crippen LogP contribution in [0.4, 0.5) is 0 Å². The van der Waals surface area contributed by atoms with Crippen molar-refractivity contribution >= 4 is 17.8 Å².